The van der Waals surface area contributed by atoms with Crippen molar-refractivity contribution in [3.8, 4) is 0 Å². The summed E-state index contributed by atoms with van der Waals surface area (Å²) >= 11 is 0. The van der Waals surface area contributed by atoms with E-state index in [1.165, 1.54) is 0 Å². The second kappa shape index (κ2) is 4.01. The van der Waals surface area contributed by atoms with E-state index in [1.807, 2.05) is 0 Å². The van der Waals surface area contributed by atoms with E-state index in [0.717, 1.165) is 19.1 Å². The number of alkyl halides is 5. The minimum absolute atomic E-state index is 0.254. The van der Waals surface area contributed by atoms with Gasteiger partial charge in [0, 0.05) is 0 Å². The van der Waals surface area contributed by atoms with Crippen molar-refractivity contribution in [1.82, 2.24) is 0 Å². The Morgan fingerprint density at radius 1 is 1.00 bits per heavy atom. The quantitative estimate of drug-likeness (QED) is 0.787. The predicted molar refractivity (Wildman–Crippen MR) is 47.0 cm³/mol. The summed E-state index contributed by atoms with van der Waals surface area (Å²) in [5.74, 6) is 0. The highest BCUT2D eigenvalue weighted by molar-refractivity contribution is 5.28. The van der Waals surface area contributed by atoms with Crippen molar-refractivity contribution in [2.45, 2.75) is 25.1 Å². The van der Waals surface area contributed by atoms with E-state index in [-0.39, 0.29) is 5.56 Å². The maximum absolute atomic E-state index is 12.4. The number of benzene rings is 1. The first-order valence-electron chi connectivity index (χ1n) is 4.34. The Hall–Kier alpha value is -1.17. The molecule has 0 aliphatic rings. The Balaban J connectivity index is 3.05. The van der Waals surface area contributed by atoms with Crippen molar-refractivity contribution in [2.75, 3.05) is 0 Å². The molecule has 0 spiro atoms. The lowest BCUT2D eigenvalue weighted by molar-refractivity contribution is -0.137. The van der Waals surface area contributed by atoms with Crippen molar-refractivity contribution >= 4 is 0 Å². The minimum Gasteiger partial charge on any atom is -0.379 e. The molecule has 0 bridgehead atoms. The van der Waals surface area contributed by atoms with Gasteiger partial charge in [0.1, 0.15) is 5.60 Å². The number of rotatable bonds is 2. The summed E-state index contributed by atoms with van der Waals surface area (Å²) in [4.78, 5) is 0. The normalized spacial score (nSPS) is 16.2. The van der Waals surface area contributed by atoms with Gasteiger partial charge >= 0.3 is 6.18 Å². The van der Waals surface area contributed by atoms with Crippen LogP contribution in [0.15, 0.2) is 24.3 Å². The first kappa shape index (κ1) is 12.9. The summed E-state index contributed by atoms with van der Waals surface area (Å²) in [6.07, 6.45) is -7.58. The van der Waals surface area contributed by atoms with E-state index in [0.29, 0.717) is 12.1 Å². The van der Waals surface area contributed by atoms with Gasteiger partial charge in [0.15, 0.2) is 0 Å². The molecule has 1 rings (SSSR count). The van der Waals surface area contributed by atoms with Crippen LogP contribution in [0.2, 0.25) is 0 Å². The molecule has 0 aliphatic carbocycles. The molecule has 0 saturated carbocycles. The summed E-state index contributed by atoms with van der Waals surface area (Å²) in [6, 6.07) is 3.00. The highest BCUT2D eigenvalue weighted by Gasteiger charge is 2.35. The van der Waals surface area contributed by atoms with Crippen LogP contribution in [-0.2, 0) is 11.8 Å². The van der Waals surface area contributed by atoms with E-state index in [1.54, 1.807) is 0 Å². The van der Waals surface area contributed by atoms with Crippen LogP contribution in [0.5, 0.6) is 0 Å². The molecule has 0 aliphatic heterocycles. The van der Waals surface area contributed by atoms with Crippen LogP contribution in [0.3, 0.4) is 0 Å². The molecule has 6 heteroatoms. The third kappa shape index (κ3) is 2.49. The lowest BCUT2D eigenvalue weighted by atomic mass is 9.95. The topological polar surface area (TPSA) is 20.2 Å². The second-order valence-electron chi connectivity index (χ2n) is 3.52. The first-order chi connectivity index (χ1) is 7.15. The van der Waals surface area contributed by atoms with Crippen molar-refractivity contribution in [1.29, 1.82) is 0 Å². The number of hydrogen-bond acceptors (Lipinski definition) is 1. The highest BCUT2D eigenvalue weighted by Crippen LogP contribution is 2.32. The smallest absolute Gasteiger partial charge is 0.379 e. The van der Waals surface area contributed by atoms with Gasteiger partial charge in [-0.1, -0.05) is 12.1 Å². The summed E-state index contributed by atoms with van der Waals surface area (Å²) < 4.78 is 61.2. The maximum atomic E-state index is 12.4. The molecule has 90 valence electrons. The van der Waals surface area contributed by atoms with Gasteiger partial charge in [-0.05, 0) is 24.6 Å². The Bertz CT molecular complexity index is 352. The molecule has 16 heavy (non-hydrogen) atoms. The summed E-state index contributed by atoms with van der Waals surface area (Å²) in [6.45, 7) is 0.847. The van der Waals surface area contributed by atoms with Crippen LogP contribution < -0.4 is 0 Å². The van der Waals surface area contributed by atoms with Crippen LogP contribution >= 0.6 is 0 Å². The monoisotopic (exact) mass is 240 g/mol. The van der Waals surface area contributed by atoms with Crippen LogP contribution in [0, 0.1) is 0 Å². The van der Waals surface area contributed by atoms with Gasteiger partial charge in [0.05, 0.1) is 5.56 Å². The van der Waals surface area contributed by atoms with E-state index in [2.05, 4.69) is 0 Å². The third-order valence-electron chi connectivity index (χ3n) is 2.22. The molecular formula is C10H9F5O. The van der Waals surface area contributed by atoms with Crippen LogP contribution in [0.4, 0.5) is 22.0 Å². The SMILES string of the molecule is CC(O)(c1ccc(C(F)(F)F)cc1)C(F)F. The molecular weight excluding hydrogens is 231 g/mol. The molecule has 1 aromatic rings. The molecule has 1 N–H and O–H groups in total. The third-order valence-corrected chi connectivity index (χ3v) is 2.22. The molecule has 0 amide bonds. The van der Waals surface area contributed by atoms with E-state index >= 15 is 0 Å². The zero-order chi connectivity index (χ0) is 12.6. The predicted octanol–water partition coefficient (Wildman–Crippen LogP) is 3.18. The highest BCUT2D eigenvalue weighted by atomic mass is 19.4. The van der Waals surface area contributed by atoms with Gasteiger partial charge in [-0.25, -0.2) is 8.78 Å². The van der Waals surface area contributed by atoms with Gasteiger partial charge in [-0.2, -0.15) is 13.2 Å². The molecule has 1 unspecified atom stereocenters. The van der Waals surface area contributed by atoms with Gasteiger partial charge in [0.2, 0.25) is 0 Å². The van der Waals surface area contributed by atoms with E-state index < -0.39 is 23.8 Å². The van der Waals surface area contributed by atoms with Crippen LogP contribution in [0.1, 0.15) is 18.1 Å². The standard InChI is InChI=1S/C10H9F5O/c1-9(16,8(11)12)6-2-4-7(5-3-6)10(13,14)15/h2-5,8,16H,1H3. The Morgan fingerprint density at radius 3 is 1.69 bits per heavy atom. The van der Waals surface area contributed by atoms with Gasteiger partial charge in [0.25, 0.3) is 6.43 Å². The van der Waals surface area contributed by atoms with E-state index in [9.17, 15) is 27.1 Å². The zero-order valence-corrected chi connectivity index (χ0v) is 8.22. The number of hydrogen-bond donors (Lipinski definition) is 1. The molecule has 0 aromatic heterocycles. The lowest BCUT2D eigenvalue weighted by Crippen LogP contribution is -2.30. The zero-order valence-electron chi connectivity index (χ0n) is 8.22. The van der Waals surface area contributed by atoms with Gasteiger partial charge in [-0.3, -0.25) is 0 Å². The average Bonchev–Trinajstić information content (AvgIpc) is 2.16. The molecule has 0 radical (unpaired) electrons. The van der Waals surface area contributed by atoms with Crippen molar-refractivity contribution in [2.24, 2.45) is 0 Å². The molecule has 1 atom stereocenters. The summed E-state index contributed by atoms with van der Waals surface area (Å²) in [5, 5.41) is 9.33. The fourth-order valence-corrected chi connectivity index (χ4v) is 1.12. The van der Waals surface area contributed by atoms with Crippen molar-refractivity contribution in [3.05, 3.63) is 35.4 Å². The average molecular weight is 240 g/mol. The molecule has 0 heterocycles. The number of aliphatic hydroxyl groups is 1. The summed E-state index contributed by atoms with van der Waals surface area (Å²) in [7, 11) is 0. The Kier molecular flexibility index (Phi) is 3.23. The van der Waals surface area contributed by atoms with Crippen LogP contribution in [-0.4, -0.2) is 11.5 Å². The Labute approximate surface area is 88.5 Å². The number of halogens is 5. The van der Waals surface area contributed by atoms with Crippen LogP contribution in [0.25, 0.3) is 0 Å². The molecule has 0 fully saturated rings. The maximum Gasteiger partial charge on any atom is 0.416 e. The van der Waals surface area contributed by atoms with Crippen molar-refractivity contribution in [3.63, 3.8) is 0 Å². The lowest BCUT2D eigenvalue weighted by Gasteiger charge is -2.23. The minimum atomic E-state index is -4.52. The molecule has 1 aromatic carbocycles. The van der Waals surface area contributed by atoms with Gasteiger partial charge < -0.3 is 5.11 Å². The fourth-order valence-electron chi connectivity index (χ4n) is 1.12. The Morgan fingerprint density at radius 2 is 1.38 bits per heavy atom. The fraction of sp³-hybridized carbons (Fsp3) is 0.400. The van der Waals surface area contributed by atoms with Gasteiger partial charge in [-0.15, -0.1) is 0 Å². The molecule has 1 nitrogen and oxygen atoms in total. The first-order valence-corrected chi connectivity index (χ1v) is 4.34. The molecule has 0 saturated heterocycles. The second-order valence-corrected chi connectivity index (χ2v) is 3.52. The summed E-state index contributed by atoms with van der Waals surface area (Å²) in [5.41, 5.74) is -3.64. The van der Waals surface area contributed by atoms with E-state index in [4.69, 9.17) is 0 Å². The van der Waals surface area contributed by atoms with Crippen molar-refractivity contribution < 1.29 is 27.1 Å². The largest absolute Gasteiger partial charge is 0.416 e.